The van der Waals surface area contributed by atoms with E-state index in [0.29, 0.717) is 18.2 Å². The number of rotatable bonds is 7. The minimum atomic E-state index is -1.26. The van der Waals surface area contributed by atoms with E-state index in [2.05, 4.69) is 72.6 Å². The van der Waals surface area contributed by atoms with Crippen molar-refractivity contribution in [1.82, 2.24) is 4.90 Å². The lowest BCUT2D eigenvalue weighted by molar-refractivity contribution is -0.134. The zero-order valence-electron chi connectivity index (χ0n) is 17.2. The molecule has 0 aliphatic carbocycles. The maximum atomic E-state index is 9.55. The number of carboxylic acids is 2. The van der Waals surface area contributed by atoms with E-state index in [9.17, 15) is 9.59 Å². The molecule has 1 saturated heterocycles. The summed E-state index contributed by atoms with van der Waals surface area (Å²) in [5.74, 6) is -2.51. The maximum Gasteiger partial charge on any atom is 0.328 e. The van der Waals surface area contributed by atoms with Crippen LogP contribution in [0.25, 0.3) is 0 Å². The lowest BCUT2D eigenvalue weighted by Gasteiger charge is -2.33. The van der Waals surface area contributed by atoms with Gasteiger partial charge in [0.2, 0.25) is 0 Å². The topological polar surface area (TPSA) is 87.1 Å². The first-order valence-electron chi connectivity index (χ1n) is 10.0. The van der Waals surface area contributed by atoms with Crippen LogP contribution in [0.1, 0.15) is 36.5 Å². The Kier molecular flexibility index (Phi) is 9.77. The Hall–Kier alpha value is -2.96. The molecule has 1 atom stereocenters. The number of likely N-dealkylation sites (tertiary alicyclic amines) is 1. The molecule has 0 saturated carbocycles. The number of likely N-dealkylation sites (N-methyl/N-ethyl adjacent to an activating group) is 1. The van der Waals surface area contributed by atoms with E-state index in [0.717, 1.165) is 6.61 Å². The quantitative estimate of drug-likeness (QED) is 0.670. The summed E-state index contributed by atoms with van der Waals surface area (Å²) in [6.45, 7) is 1.99. The molecular weight excluding hydrogens is 382 g/mol. The molecule has 30 heavy (non-hydrogen) atoms. The summed E-state index contributed by atoms with van der Waals surface area (Å²) in [6.07, 6.45) is 5.02. The van der Waals surface area contributed by atoms with Crippen LogP contribution in [0.2, 0.25) is 0 Å². The van der Waals surface area contributed by atoms with Crippen molar-refractivity contribution in [1.29, 1.82) is 0 Å². The Morgan fingerprint density at radius 3 is 1.90 bits per heavy atom. The minimum Gasteiger partial charge on any atom is -0.478 e. The highest BCUT2D eigenvalue weighted by atomic mass is 16.5. The molecule has 0 amide bonds. The molecule has 1 aliphatic heterocycles. The van der Waals surface area contributed by atoms with E-state index in [1.54, 1.807) is 0 Å². The predicted molar refractivity (Wildman–Crippen MR) is 115 cm³/mol. The number of nitrogens with zero attached hydrogens (tertiary/aromatic N) is 1. The van der Waals surface area contributed by atoms with E-state index in [4.69, 9.17) is 14.9 Å². The fourth-order valence-corrected chi connectivity index (χ4v) is 3.35. The molecule has 0 radical (unpaired) electrons. The second kappa shape index (κ2) is 12.6. The second-order valence-corrected chi connectivity index (χ2v) is 7.17. The summed E-state index contributed by atoms with van der Waals surface area (Å²) >= 11 is 0. The van der Waals surface area contributed by atoms with Crippen molar-refractivity contribution >= 4 is 11.9 Å². The third kappa shape index (κ3) is 8.19. The predicted octanol–water partition coefficient (Wildman–Crippen LogP) is 3.99. The largest absolute Gasteiger partial charge is 0.478 e. The van der Waals surface area contributed by atoms with Crippen molar-refractivity contribution in [3.63, 3.8) is 0 Å². The van der Waals surface area contributed by atoms with E-state index >= 15 is 0 Å². The fourth-order valence-electron chi connectivity index (χ4n) is 3.35. The minimum absolute atomic E-state index is 0.0257. The molecule has 0 bridgehead atoms. The van der Waals surface area contributed by atoms with Crippen molar-refractivity contribution in [3.8, 4) is 0 Å². The molecule has 2 aromatic carbocycles. The number of benzene rings is 2. The zero-order chi connectivity index (χ0) is 21.8. The van der Waals surface area contributed by atoms with Gasteiger partial charge in [-0.3, -0.25) is 0 Å². The molecule has 0 aromatic heterocycles. The molecule has 0 spiro atoms. The van der Waals surface area contributed by atoms with Crippen LogP contribution in [0.15, 0.2) is 72.8 Å². The van der Waals surface area contributed by atoms with Crippen molar-refractivity contribution in [3.05, 3.63) is 83.9 Å². The number of hydrogen-bond donors (Lipinski definition) is 2. The molecular formula is C24H29NO5. The van der Waals surface area contributed by atoms with E-state index in [1.165, 1.54) is 36.9 Å². The Morgan fingerprint density at radius 1 is 0.967 bits per heavy atom. The van der Waals surface area contributed by atoms with Gasteiger partial charge in [0.15, 0.2) is 0 Å². The Bertz CT molecular complexity index is 751. The van der Waals surface area contributed by atoms with Gasteiger partial charge in [-0.05, 0) is 37.6 Å². The highest BCUT2D eigenvalue weighted by molar-refractivity contribution is 5.89. The van der Waals surface area contributed by atoms with Gasteiger partial charge in [-0.15, -0.1) is 0 Å². The Balaban J connectivity index is 0.000000343. The van der Waals surface area contributed by atoms with Crippen LogP contribution in [0, 0.1) is 0 Å². The average molecular weight is 411 g/mol. The van der Waals surface area contributed by atoms with Gasteiger partial charge in [0.25, 0.3) is 0 Å². The summed E-state index contributed by atoms with van der Waals surface area (Å²) in [7, 11) is 2.22. The SMILES string of the molecule is CN1CCCCC1COC(c1ccccc1)c1ccccc1.O=C(O)/C=C/C(=O)O. The van der Waals surface area contributed by atoms with Crippen molar-refractivity contribution in [2.24, 2.45) is 0 Å². The molecule has 1 aliphatic rings. The second-order valence-electron chi connectivity index (χ2n) is 7.17. The van der Waals surface area contributed by atoms with Gasteiger partial charge in [0, 0.05) is 18.2 Å². The van der Waals surface area contributed by atoms with Crippen LogP contribution in [0.4, 0.5) is 0 Å². The van der Waals surface area contributed by atoms with E-state index in [1.807, 2.05) is 0 Å². The molecule has 2 aromatic rings. The van der Waals surface area contributed by atoms with Gasteiger partial charge >= 0.3 is 11.9 Å². The summed E-state index contributed by atoms with van der Waals surface area (Å²) in [4.78, 5) is 21.5. The monoisotopic (exact) mass is 411 g/mol. The lowest BCUT2D eigenvalue weighted by Crippen LogP contribution is -2.39. The van der Waals surface area contributed by atoms with Gasteiger partial charge in [-0.2, -0.15) is 0 Å². The zero-order valence-corrected chi connectivity index (χ0v) is 17.2. The van der Waals surface area contributed by atoms with E-state index < -0.39 is 11.9 Å². The van der Waals surface area contributed by atoms with Gasteiger partial charge in [-0.25, -0.2) is 9.59 Å². The molecule has 6 nitrogen and oxygen atoms in total. The summed E-state index contributed by atoms with van der Waals surface area (Å²) in [5.41, 5.74) is 2.46. The number of ether oxygens (including phenoxy) is 1. The molecule has 1 heterocycles. The van der Waals surface area contributed by atoms with Crippen LogP contribution in [-0.2, 0) is 14.3 Å². The number of piperidine rings is 1. The molecule has 3 rings (SSSR count). The van der Waals surface area contributed by atoms with Crippen molar-refractivity contribution in [2.45, 2.75) is 31.4 Å². The number of carbonyl (C=O) groups is 2. The Labute approximate surface area is 177 Å². The van der Waals surface area contributed by atoms with Crippen molar-refractivity contribution < 1.29 is 24.5 Å². The van der Waals surface area contributed by atoms with Gasteiger partial charge in [-0.1, -0.05) is 67.1 Å². The highest BCUT2D eigenvalue weighted by Crippen LogP contribution is 2.27. The number of hydrogen-bond acceptors (Lipinski definition) is 4. The van der Waals surface area contributed by atoms with Gasteiger partial charge in [0.05, 0.1) is 6.61 Å². The summed E-state index contributed by atoms with van der Waals surface area (Å²) in [6, 6.07) is 21.6. The van der Waals surface area contributed by atoms with Crippen molar-refractivity contribution in [2.75, 3.05) is 20.2 Å². The number of aliphatic carboxylic acids is 2. The standard InChI is InChI=1S/C20H25NO.C4H4O4/c1-21-15-9-8-14-19(21)16-22-20(17-10-4-2-5-11-17)18-12-6-3-7-13-18;5-3(6)1-2-4(7)8/h2-7,10-13,19-20H,8-9,14-16H2,1H3;1-2H,(H,5,6)(H,7,8)/b;2-1+. The smallest absolute Gasteiger partial charge is 0.328 e. The van der Waals surface area contributed by atoms with Crippen LogP contribution in [0.3, 0.4) is 0 Å². The van der Waals surface area contributed by atoms with Crippen LogP contribution >= 0.6 is 0 Å². The average Bonchev–Trinajstić information content (AvgIpc) is 2.76. The molecule has 1 fully saturated rings. The normalized spacial score (nSPS) is 16.8. The molecule has 1 unspecified atom stereocenters. The first kappa shape index (κ1) is 23.3. The van der Waals surface area contributed by atoms with Crippen LogP contribution < -0.4 is 0 Å². The Morgan fingerprint density at radius 2 is 1.47 bits per heavy atom. The summed E-state index contributed by atoms with van der Waals surface area (Å²) in [5, 5.41) is 15.6. The van der Waals surface area contributed by atoms with Gasteiger partial charge in [0.1, 0.15) is 6.10 Å². The van der Waals surface area contributed by atoms with Crippen LogP contribution in [-0.4, -0.2) is 53.3 Å². The molecule has 2 N–H and O–H groups in total. The van der Waals surface area contributed by atoms with E-state index in [-0.39, 0.29) is 6.10 Å². The third-order valence-electron chi connectivity index (χ3n) is 4.95. The third-order valence-corrected chi connectivity index (χ3v) is 4.95. The van der Waals surface area contributed by atoms with Gasteiger partial charge < -0.3 is 19.8 Å². The fraction of sp³-hybridized carbons (Fsp3) is 0.333. The highest BCUT2D eigenvalue weighted by Gasteiger charge is 2.22. The van der Waals surface area contributed by atoms with Crippen LogP contribution in [0.5, 0.6) is 0 Å². The maximum absolute atomic E-state index is 9.55. The first-order valence-corrected chi connectivity index (χ1v) is 10.0. The number of carboxylic acid groups (broad SMARTS) is 2. The molecule has 6 heteroatoms. The first-order chi connectivity index (χ1) is 14.5. The summed E-state index contributed by atoms with van der Waals surface area (Å²) < 4.78 is 6.38. The molecule has 160 valence electrons. The lowest BCUT2D eigenvalue weighted by atomic mass is 10.0.